The first-order chi connectivity index (χ1) is 10.7. The number of anilines is 2. The Balaban J connectivity index is 2.94. The number of amidine groups is 1. The minimum absolute atomic E-state index is 0.286. The van der Waals surface area contributed by atoms with E-state index in [0.29, 0.717) is 25.1 Å². The fraction of sp³-hybridized carbons (Fsp3) is 0.312. The van der Waals surface area contributed by atoms with E-state index in [2.05, 4.69) is 22.2 Å². The number of carbonyl (C=O) groups excluding carboxylic acids is 2. The molecule has 0 aliphatic carbocycles. The molecule has 1 aromatic rings. The summed E-state index contributed by atoms with van der Waals surface area (Å²) in [6.07, 6.45) is 0.176. The lowest BCUT2D eigenvalue weighted by Crippen LogP contribution is -2.32. The van der Waals surface area contributed by atoms with Crippen LogP contribution < -0.4 is 10.2 Å². The number of rotatable bonds is 5. The fourth-order valence-electron chi connectivity index (χ4n) is 1.71. The second-order valence-electron chi connectivity index (χ2n) is 4.10. The van der Waals surface area contributed by atoms with E-state index in [0.717, 1.165) is 5.69 Å². The first kappa shape index (κ1) is 17.2. The predicted molar refractivity (Wildman–Crippen MR) is 87.3 cm³/mol. The summed E-state index contributed by atoms with van der Waals surface area (Å²) >= 11 is 0. The predicted octanol–water partition coefficient (Wildman–Crippen LogP) is 2.31. The first-order valence-corrected chi connectivity index (χ1v) is 6.79. The number of carbonyl (C=O) groups is 2. The quantitative estimate of drug-likeness (QED) is 0.392. The molecule has 0 spiro atoms. The van der Waals surface area contributed by atoms with Crippen LogP contribution in [0.3, 0.4) is 0 Å². The van der Waals surface area contributed by atoms with E-state index in [-0.39, 0.29) is 5.84 Å². The maximum atomic E-state index is 11.3. The summed E-state index contributed by atoms with van der Waals surface area (Å²) in [7, 11) is 1.55. The Morgan fingerprint density at radius 3 is 2.59 bits per heavy atom. The van der Waals surface area contributed by atoms with Crippen molar-refractivity contribution in [3.8, 4) is 11.8 Å². The van der Waals surface area contributed by atoms with Gasteiger partial charge in [0.25, 0.3) is 0 Å². The molecule has 1 rings (SSSR count). The van der Waals surface area contributed by atoms with Crippen LogP contribution in [0.4, 0.5) is 16.2 Å². The summed E-state index contributed by atoms with van der Waals surface area (Å²) < 4.78 is 4.81. The molecule has 0 saturated heterocycles. The summed E-state index contributed by atoms with van der Waals surface area (Å²) in [5.41, 5.74) is 1.36. The van der Waals surface area contributed by atoms with Crippen molar-refractivity contribution in [2.45, 2.75) is 13.8 Å². The highest BCUT2D eigenvalue weighted by Gasteiger charge is 2.11. The number of benzene rings is 1. The molecule has 6 heteroatoms. The zero-order chi connectivity index (χ0) is 16.4. The average molecular weight is 301 g/mol. The fourth-order valence-corrected chi connectivity index (χ4v) is 1.71. The van der Waals surface area contributed by atoms with Gasteiger partial charge in [-0.1, -0.05) is 5.92 Å². The van der Waals surface area contributed by atoms with Crippen LogP contribution in [-0.2, 0) is 9.53 Å². The molecule has 116 valence electrons. The van der Waals surface area contributed by atoms with E-state index in [1.165, 1.54) is 0 Å². The molecule has 0 fully saturated rings. The van der Waals surface area contributed by atoms with E-state index in [9.17, 15) is 9.59 Å². The molecule has 0 atom stereocenters. The summed E-state index contributed by atoms with van der Waals surface area (Å²) in [4.78, 5) is 28.1. The Labute approximate surface area is 130 Å². The first-order valence-electron chi connectivity index (χ1n) is 6.79. The van der Waals surface area contributed by atoms with Crippen LogP contribution in [0.5, 0.6) is 0 Å². The highest BCUT2D eigenvalue weighted by Crippen LogP contribution is 2.18. The van der Waals surface area contributed by atoms with Gasteiger partial charge in [-0.25, -0.2) is 4.79 Å². The van der Waals surface area contributed by atoms with Gasteiger partial charge in [0.15, 0.2) is 12.1 Å². The Morgan fingerprint density at radius 2 is 2.09 bits per heavy atom. The third-order valence-corrected chi connectivity index (χ3v) is 2.73. The van der Waals surface area contributed by atoms with E-state index >= 15 is 0 Å². The summed E-state index contributed by atoms with van der Waals surface area (Å²) in [6, 6.07) is 6.98. The lowest BCUT2D eigenvalue weighted by molar-refractivity contribution is -0.102. The van der Waals surface area contributed by atoms with Gasteiger partial charge in [0, 0.05) is 18.4 Å². The smallest absolute Gasteiger partial charge is 0.411 e. The van der Waals surface area contributed by atoms with Crippen LogP contribution in [0.25, 0.3) is 0 Å². The van der Waals surface area contributed by atoms with Gasteiger partial charge in [0.05, 0.1) is 13.2 Å². The van der Waals surface area contributed by atoms with Crippen molar-refractivity contribution in [3.05, 3.63) is 24.3 Å². The largest absolute Gasteiger partial charge is 0.450 e. The second kappa shape index (κ2) is 9.19. The van der Waals surface area contributed by atoms with Crippen molar-refractivity contribution in [2.24, 2.45) is 4.99 Å². The number of aldehydes is 1. The molecule has 22 heavy (non-hydrogen) atoms. The van der Waals surface area contributed by atoms with Crippen molar-refractivity contribution in [3.63, 3.8) is 0 Å². The number of hydrogen-bond acceptors (Lipinski definition) is 4. The van der Waals surface area contributed by atoms with Gasteiger partial charge in [-0.2, -0.15) is 0 Å². The molecule has 0 heterocycles. The molecule has 0 bridgehead atoms. The Morgan fingerprint density at radius 1 is 1.41 bits per heavy atom. The van der Waals surface area contributed by atoms with Gasteiger partial charge in [-0.3, -0.25) is 15.1 Å². The number of nitrogens with one attached hydrogen (secondary N) is 1. The number of amides is 1. The maximum absolute atomic E-state index is 11.3. The van der Waals surface area contributed by atoms with Gasteiger partial charge in [-0.15, -0.1) is 5.92 Å². The van der Waals surface area contributed by atoms with Gasteiger partial charge in [-0.05, 0) is 38.1 Å². The van der Waals surface area contributed by atoms with Gasteiger partial charge in [0.2, 0.25) is 0 Å². The maximum Gasteiger partial charge on any atom is 0.411 e. The molecule has 1 aromatic carbocycles. The molecule has 0 aromatic heterocycles. The van der Waals surface area contributed by atoms with Crippen LogP contribution in [0.2, 0.25) is 0 Å². The number of ether oxygens (including phenoxy) is 1. The topological polar surface area (TPSA) is 71.0 Å². The van der Waals surface area contributed by atoms with Gasteiger partial charge in [0.1, 0.15) is 0 Å². The summed E-state index contributed by atoms with van der Waals surface area (Å²) in [6.45, 7) is 4.13. The van der Waals surface area contributed by atoms with Crippen molar-refractivity contribution >= 4 is 29.6 Å². The number of hydrogen-bond donors (Lipinski definition) is 1. The van der Waals surface area contributed by atoms with Crippen LogP contribution in [0, 0.1) is 11.8 Å². The average Bonchev–Trinajstić information content (AvgIpc) is 2.52. The summed E-state index contributed by atoms with van der Waals surface area (Å²) in [5.74, 6) is 5.98. The van der Waals surface area contributed by atoms with E-state index < -0.39 is 6.09 Å². The summed E-state index contributed by atoms with van der Waals surface area (Å²) in [5, 5.41) is 2.60. The molecule has 6 nitrogen and oxygen atoms in total. The zero-order valence-electron chi connectivity index (χ0n) is 12.9. The monoisotopic (exact) mass is 301 g/mol. The minimum atomic E-state index is -0.507. The Kier molecular flexibility index (Phi) is 7.20. The van der Waals surface area contributed by atoms with E-state index in [4.69, 9.17) is 4.74 Å². The van der Waals surface area contributed by atoms with E-state index in [1.54, 1.807) is 50.1 Å². The van der Waals surface area contributed by atoms with Crippen LogP contribution in [0.1, 0.15) is 13.8 Å². The number of nitrogens with zero attached hydrogens (tertiary/aromatic N) is 2. The van der Waals surface area contributed by atoms with Crippen LogP contribution in [-0.4, -0.2) is 38.4 Å². The standard InChI is InChI=1S/C16H19N3O3/c1-4-6-11-19(15(12-20)17-3)14-9-7-13(8-10-14)18-16(21)22-5-2/h7-10,12H,5,11H2,1-3H3,(H,18,21). The normalized spacial score (nSPS) is 10.2. The third kappa shape index (κ3) is 4.94. The zero-order valence-corrected chi connectivity index (χ0v) is 12.9. The van der Waals surface area contributed by atoms with E-state index in [1.807, 2.05) is 0 Å². The van der Waals surface area contributed by atoms with Crippen LogP contribution in [0.15, 0.2) is 29.3 Å². The SMILES string of the molecule is CC#CCN(C(C=O)=NC)c1ccc(NC(=O)OCC)cc1. The van der Waals surface area contributed by atoms with Crippen molar-refractivity contribution < 1.29 is 14.3 Å². The van der Waals surface area contributed by atoms with Crippen molar-refractivity contribution in [2.75, 3.05) is 30.4 Å². The second-order valence-corrected chi connectivity index (χ2v) is 4.10. The molecule has 0 unspecified atom stereocenters. The molecular weight excluding hydrogens is 282 g/mol. The lowest BCUT2D eigenvalue weighted by atomic mass is 10.2. The highest BCUT2D eigenvalue weighted by molar-refractivity contribution is 6.33. The molecule has 1 N–H and O–H groups in total. The molecular formula is C16H19N3O3. The molecule has 1 amide bonds. The Bertz CT molecular complexity index is 597. The van der Waals surface area contributed by atoms with Crippen LogP contribution >= 0.6 is 0 Å². The van der Waals surface area contributed by atoms with Gasteiger partial charge >= 0.3 is 6.09 Å². The Hall–Kier alpha value is -2.81. The number of aliphatic imine (C=N–C) groups is 1. The molecule has 0 radical (unpaired) electrons. The molecule has 0 saturated carbocycles. The van der Waals surface area contributed by atoms with Gasteiger partial charge < -0.3 is 9.64 Å². The highest BCUT2D eigenvalue weighted by atomic mass is 16.5. The molecule has 0 aliphatic rings. The molecule has 0 aliphatic heterocycles. The third-order valence-electron chi connectivity index (χ3n) is 2.73. The lowest BCUT2D eigenvalue weighted by Gasteiger charge is -2.21. The van der Waals surface area contributed by atoms with Crippen molar-refractivity contribution in [1.29, 1.82) is 0 Å². The van der Waals surface area contributed by atoms with Crippen molar-refractivity contribution in [1.82, 2.24) is 0 Å². The minimum Gasteiger partial charge on any atom is -0.450 e.